The quantitative estimate of drug-likeness (QED) is 0.626. The van der Waals surface area contributed by atoms with Gasteiger partial charge in [-0.05, 0) is 31.2 Å². The van der Waals surface area contributed by atoms with Gasteiger partial charge in [-0.25, -0.2) is 9.59 Å². The summed E-state index contributed by atoms with van der Waals surface area (Å²) >= 11 is 1.34. The second-order valence-electron chi connectivity index (χ2n) is 4.45. The molecule has 1 aromatic heterocycles. The molecule has 6 heteroatoms. The molecule has 0 aliphatic carbocycles. The highest BCUT2D eigenvalue weighted by Gasteiger charge is 2.19. The Hall–Kier alpha value is -2.47. The number of esters is 2. The van der Waals surface area contributed by atoms with Gasteiger partial charge in [0.1, 0.15) is 0 Å². The van der Waals surface area contributed by atoms with Crippen molar-refractivity contribution in [2.24, 2.45) is 0 Å². The van der Waals surface area contributed by atoms with Crippen LogP contribution in [0, 0.1) is 6.92 Å². The van der Waals surface area contributed by atoms with Gasteiger partial charge in [-0.3, -0.25) is 4.79 Å². The highest BCUT2D eigenvalue weighted by atomic mass is 32.1. The maximum Gasteiger partial charge on any atom is 0.339 e. The Morgan fingerprint density at radius 2 is 1.64 bits per heavy atom. The lowest BCUT2D eigenvalue weighted by Gasteiger charge is -2.07. The number of aryl methyl sites for hydroxylation is 1. The number of carbonyl (C=O) groups excluding carboxylic acids is 3. The third kappa shape index (κ3) is 3.59. The van der Waals surface area contributed by atoms with E-state index in [1.807, 2.05) is 13.0 Å². The zero-order valence-electron chi connectivity index (χ0n) is 12.1. The monoisotopic (exact) mass is 318 g/mol. The van der Waals surface area contributed by atoms with Gasteiger partial charge in [0.2, 0.25) is 5.78 Å². The first kappa shape index (κ1) is 15.9. The Labute approximate surface area is 131 Å². The predicted molar refractivity (Wildman–Crippen MR) is 81.5 cm³/mol. The minimum Gasteiger partial charge on any atom is -0.465 e. The number of methoxy groups -OCH3 is 1. The van der Waals surface area contributed by atoms with E-state index in [0.717, 1.165) is 4.88 Å². The molecule has 0 saturated heterocycles. The molecule has 0 aliphatic rings. The van der Waals surface area contributed by atoms with E-state index in [1.54, 1.807) is 18.2 Å². The first-order chi connectivity index (χ1) is 10.5. The molecule has 0 atom stereocenters. The lowest BCUT2D eigenvalue weighted by molar-refractivity contribution is 0.0464. The molecule has 0 bridgehead atoms. The lowest BCUT2D eigenvalue weighted by atomic mass is 10.1. The van der Waals surface area contributed by atoms with E-state index in [4.69, 9.17) is 4.74 Å². The van der Waals surface area contributed by atoms with Gasteiger partial charge in [-0.15, -0.1) is 11.3 Å². The standard InChI is InChI=1S/C16H14O5S/c1-10-7-8-14(22-10)13(17)9-21-16(19)12-6-4-3-5-11(12)15(18)20-2/h3-8H,9H2,1-2H3. The Morgan fingerprint density at radius 1 is 1.00 bits per heavy atom. The van der Waals surface area contributed by atoms with E-state index in [9.17, 15) is 14.4 Å². The van der Waals surface area contributed by atoms with Crippen LogP contribution in [-0.2, 0) is 9.47 Å². The summed E-state index contributed by atoms with van der Waals surface area (Å²) in [6.45, 7) is 1.52. The molecule has 0 spiro atoms. The summed E-state index contributed by atoms with van der Waals surface area (Å²) in [6, 6.07) is 9.65. The van der Waals surface area contributed by atoms with E-state index < -0.39 is 11.9 Å². The lowest BCUT2D eigenvalue weighted by Crippen LogP contribution is -2.16. The summed E-state index contributed by atoms with van der Waals surface area (Å²) in [5.74, 6) is -1.64. The third-order valence-electron chi connectivity index (χ3n) is 2.90. The smallest absolute Gasteiger partial charge is 0.339 e. The fraction of sp³-hybridized carbons (Fsp3) is 0.188. The van der Waals surface area contributed by atoms with Crippen molar-refractivity contribution < 1.29 is 23.9 Å². The molecular weight excluding hydrogens is 304 g/mol. The molecule has 22 heavy (non-hydrogen) atoms. The summed E-state index contributed by atoms with van der Waals surface area (Å²) in [5, 5.41) is 0. The maximum absolute atomic E-state index is 12.0. The number of carbonyl (C=O) groups is 3. The molecule has 0 radical (unpaired) electrons. The number of ketones is 1. The Kier molecular flexibility index (Phi) is 5.06. The second-order valence-corrected chi connectivity index (χ2v) is 5.73. The van der Waals surface area contributed by atoms with Crippen molar-refractivity contribution in [1.82, 2.24) is 0 Å². The normalized spacial score (nSPS) is 10.1. The van der Waals surface area contributed by atoms with Gasteiger partial charge in [0.15, 0.2) is 6.61 Å². The average Bonchev–Trinajstić information content (AvgIpc) is 2.98. The van der Waals surface area contributed by atoms with Gasteiger partial charge < -0.3 is 9.47 Å². The second kappa shape index (κ2) is 7.00. The van der Waals surface area contributed by atoms with Crippen LogP contribution in [0.3, 0.4) is 0 Å². The average molecular weight is 318 g/mol. The van der Waals surface area contributed by atoms with Crippen molar-refractivity contribution in [3.05, 3.63) is 57.3 Å². The third-order valence-corrected chi connectivity index (χ3v) is 3.94. The van der Waals surface area contributed by atoms with Crippen LogP contribution in [0.15, 0.2) is 36.4 Å². The van der Waals surface area contributed by atoms with Crippen molar-refractivity contribution in [2.75, 3.05) is 13.7 Å². The molecular formula is C16H14O5S. The largest absolute Gasteiger partial charge is 0.465 e. The summed E-state index contributed by atoms with van der Waals surface area (Å²) in [6.07, 6.45) is 0. The molecule has 114 valence electrons. The van der Waals surface area contributed by atoms with Crippen molar-refractivity contribution >= 4 is 29.1 Å². The highest BCUT2D eigenvalue weighted by Crippen LogP contribution is 2.16. The fourth-order valence-corrected chi connectivity index (χ4v) is 2.61. The molecule has 0 fully saturated rings. The number of thiophene rings is 1. The molecule has 0 unspecified atom stereocenters. The minimum atomic E-state index is -0.734. The van der Waals surface area contributed by atoms with Crippen LogP contribution >= 0.6 is 11.3 Å². The summed E-state index contributed by atoms with van der Waals surface area (Å²) < 4.78 is 9.61. The van der Waals surface area contributed by atoms with Crippen molar-refractivity contribution in [3.8, 4) is 0 Å². The minimum absolute atomic E-state index is 0.0736. The van der Waals surface area contributed by atoms with Crippen molar-refractivity contribution in [1.29, 1.82) is 0 Å². The van der Waals surface area contributed by atoms with Crippen LogP contribution in [0.1, 0.15) is 35.3 Å². The SMILES string of the molecule is COC(=O)c1ccccc1C(=O)OCC(=O)c1ccc(C)s1. The van der Waals surface area contributed by atoms with Crippen LogP contribution in [0.4, 0.5) is 0 Å². The molecule has 5 nitrogen and oxygen atoms in total. The molecule has 0 N–H and O–H groups in total. The van der Waals surface area contributed by atoms with Gasteiger partial charge in [-0.1, -0.05) is 12.1 Å². The van der Waals surface area contributed by atoms with Gasteiger partial charge in [-0.2, -0.15) is 0 Å². The van der Waals surface area contributed by atoms with Crippen LogP contribution in [0.25, 0.3) is 0 Å². The van der Waals surface area contributed by atoms with E-state index in [1.165, 1.54) is 30.6 Å². The predicted octanol–water partition coefficient (Wildman–Crippen LogP) is 2.88. The van der Waals surface area contributed by atoms with Crippen molar-refractivity contribution in [2.45, 2.75) is 6.92 Å². The molecule has 1 aromatic carbocycles. The molecule has 1 heterocycles. The number of rotatable bonds is 5. The van der Waals surface area contributed by atoms with E-state index in [2.05, 4.69) is 4.74 Å². The summed E-state index contributed by atoms with van der Waals surface area (Å²) in [4.78, 5) is 37.1. The number of ether oxygens (including phenoxy) is 2. The van der Waals surface area contributed by atoms with E-state index in [0.29, 0.717) is 4.88 Å². The molecule has 2 aromatic rings. The van der Waals surface area contributed by atoms with Gasteiger partial charge in [0.25, 0.3) is 0 Å². The molecule has 0 amide bonds. The van der Waals surface area contributed by atoms with Crippen LogP contribution in [0.2, 0.25) is 0 Å². The first-order valence-corrected chi connectivity index (χ1v) is 7.28. The Balaban J connectivity index is 2.07. The van der Waals surface area contributed by atoms with E-state index >= 15 is 0 Å². The molecule has 0 aliphatic heterocycles. The Morgan fingerprint density at radius 3 is 2.18 bits per heavy atom. The van der Waals surface area contributed by atoms with Crippen molar-refractivity contribution in [3.63, 3.8) is 0 Å². The maximum atomic E-state index is 12.0. The highest BCUT2D eigenvalue weighted by molar-refractivity contribution is 7.14. The number of benzene rings is 1. The zero-order chi connectivity index (χ0) is 16.1. The zero-order valence-corrected chi connectivity index (χ0v) is 12.9. The van der Waals surface area contributed by atoms with Gasteiger partial charge in [0, 0.05) is 4.88 Å². The molecule has 0 saturated carbocycles. The fourth-order valence-electron chi connectivity index (χ4n) is 1.81. The van der Waals surface area contributed by atoms with Crippen LogP contribution in [0.5, 0.6) is 0 Å². The van der Waals surface area contributed by atoms with E-state index in [-0.39, 0.29) is 23.5 Å². The van der Waals surface area contributed by atoms with Gasteiger partial charge >= 0.3 is 11.9 Å². The molecule has 2 rings (SSSR count). The topological polar surface area (TPSA) is 69.7 Å². The Bertz CT molecular complexity index is 717. The number of hydrogen-bond acceptors (Lipinski definition) is 6. The van der Waals surface area contributed by atoms with Crippen LogP contribution < -0.4 is 0 Å². The van der Waals surface area contributed by atoms with Gasteiger partial charge in [0.05, 0.1) is 23.1 Å². The summed E-state index contributed by atoms with van der Waals surface area (Å²) in [5.41, 5.74) is 0.180. The van der Waals surface area contributed by atoms with Crippen LogP contribution in [-0.4, -0.2) is 31.4 Å². The number of hydrogen-bond donors (Lipinski definition) is 0. The first-order valence-electron chi connectivity index (χ1n) is 6.47. The number of Topliss-reactive ketones (excluding diaryl/α,β-unsaturated/α-hetero) is 1. The summed E-state index contributed by atoms with van der Waals surface area (Å²) in [7, 11) is 1.23.